The summed E-state index contributed by atoms with van der Waals surface area (Å²) in [5, 5.41) is 0. The standard InChI is InChI=1S/C13H18O3/c1-6-16-13(14)12-8(2)7-11(15-5)9(3)10(12)4/h7H,6H2,1-5H3. The average molecular weight is 222 g/mol. The van der Waals surface area contributed by atoms with Crippen molar-refractivity contribution >= 4 is 5.97 Å². The highest BCUT2D eigenvalue weighted by molar-refractivity contribution is 5.93. The van der Waals surface area contributed by atoms with E-state index in [1.54, 1.807) is 14.0 Å². The predicted octanol–water partition coefficient (Wildman–Crippen LogP) is 2.80. The molecule has 16 heavy (non-hydrogen) atoms. The third-order valence-electron chi connectivity index (χ3n) is 2.75. The van der Waals surface area contributed by atoms with Crippen LogP contribution in [-0.4, -0.2) is 19.7 Å². The van der Waals surface area contributed by atoms with Crippen molar-refractivity contribution in [3.63, 3.8) is 0 Å². The second-order valence-electron chi connectivity index (χ2n) is 3.74. The van der Waals surface area contributed by atoms with Crippen LogP contribution >= 0.6 is 0 Å². The second kappa shape index (κ2) is 5.01. The lowest BCUT2D eigenvalue weighted by molar-refractivity contribution is 0.0524. The minimum Gasteiger partial charge on any atom is -0.496 e. The van der Waals surface area contributed by atoms with Crippen molar-refractivity contribution < 1.29 is 14.3 Å². The van der Waals surface area contributed by atoms with Crippen molar-refractivity contribution in [1.82, 2.24) is 0 Å². The van der Waals surface area contributed by atoms with Crippen molar-refractivity contribution in [3.05, 3.63) is 28.3 Å². The van der Waals surface area contributed by atoms with Gasteiger partial charge in [-0.2, -0.15) is 0 Å². The molecule has 3 heteroatoms. The molecule has 0 aliphatic carbocycles. The Balaban J connectivity index is 3.30. The van der Waals surface area contributed by atoms with Gasteiger partial charge in [0.25, 0.3) is 0 Å². The third kappa shape index (κ3) is 2.18. The van der Waals surface area contributed by atoms with E-state index in [2.05, 4.69) is 0 Å². The Morgan fingerprint density at radius 2 is 1.88 bits per heavy atom. The summed E-state index contributed by atoms with van der Waals surface area (Å²) >= 11 is 0. The summed E-state index contributed by atoms with van der Waals surface area (Å²) in [6.07, 6.45) is 0. The zero-order chi connectivity index (χ0) is 12.3. The van der Waals surface area contributed by atoms with Crippen LogP contribution in [0.25, 0.3) is 0 Å². The van der Waals surface area contributed by atoms with Crippen LogP contribution in [0, 0.1) is 20.8 Å². The van der Waals surface area contributed by atoms with Gasteiger partial charge in [-0.3, -0.25) is 0 Å². The molecule has 0 saturated carbocycles. The first-order valence-corrected chi connectivity index (χ1v) is 5.34. The summed E-state index contributed by atoms with van der Waals surface area (Å²) in [5.74, 6) is 0.548. The molecule has 1 rings (SSSR count). The molecule has 88 valence electrons. The molecule has 0 atom stereocenters. The number of rotatable bonds is 3. The quantitative estimate of drug-likeness (QED) is 0.738. The van der Waals surface area contributed by atoms with Crippen molar-refractivity contribution in [2.45, 2.75) is 27.7 Å². The van der Waals surface area contributed by atoms with E-state index in [9.17, 15) is 4.79 Å². The number of carbonyl (C=O) groups is 1. The smallest absolute Gasteiger partial charge is 0.338 e. The Morgan fingerprint density at radius 3 is 2.38 bits per heavy atom. The van der Waals surface area contributed by atoms with E-state index in [0.29, 0.717) is 12.2 Å². The summed E-state index contributed by atoms with van der Waals surface area (Å²) in [6, 6.07) is 1.87. The van der Waals surface area contributed by atoms with Crippen LogP contribution in [0.1, 0.15) is 34.0 Å². The minimum atomic E-state index is -0.261. The second-order valence-corrected chi connectivity index (χ2v) is 3.74. The molecule has 0 heterocycles. The molecule has 0 radical (unpaired) electrons. The van der Waals surface area contributed by atoms with E-state index in [1.807, 2.05) is 26.8 Å². The number of aryl methyl sites for hydroxylation is 1. The minimum absolute atomic E-state index is 0.261. The molecule has 0 unspecified atom stereocenters. The van der Waals surface area contributed by atoms with E-state index in [0.717, 1.165) is 22.4 Å². The van der Waals surface area contributed by atoms with Gasteiger partial charge >= 0.3 is 5.97 Å². The lowest BCUT2D eigenvalue weighted by Gasteiger charge is -2.14. The molecular weight excluding hydrogens is 204 g/mol. The molecule has 0 fully saturated rings. The number of hydrogen-bond acceptors (Lipinski definition) is 3. The first kappa shape index (κ1) is 12.6. The maximum Gasteiger partial charge on any atom is 0.338 e. The fourth-order valence-corrected chi connectivity index (χ4v) is 1.77. The Morgan fingerprint density at radius 1 is 1.25 bits per heavy atom. The Labute approximate surface area is 96.4 Å². The van der Waals surface area contributed by atoms with Gasteiger partial charge in [-0.25, -0.2) is 4.79 Å². The average Bonchev–Trinajstić information content (AvgIpc) is 2.24. The summed E-state index contributed by atoms with van der Waals surface area (Å²) in [5.41, 5.74) is 3.45. The number of carbonyl (C=O) groups excluding carboxylic acids is 1. The normalized spacial score (nSPS) is 10.1. The maximum atomic E-state index is 11.8. The lowest BCUT2D eigenvalue weighted by Crippen LogP contribution is -2.10. The molecule has 0 N–H and O–H groups in total. The number of esters is 1. The summed E-state index contributed by atoms with van der Waals surface area (Å²) in [4.78, 5) is 11.8. The van der Waals surface area contributed by atoms with Crippen LogP contribution < -0.4 is 4.74 Å². The zero-order valence-electron chi connectivity index (χ0n) is 10.5. The molecule has 0 saturated heterocycles. The molecule has 1 aromatic carbocycles. The van der Waals surface area contributed by atoms with Crippen molar-refractivity contribution in [3.8, 4) is 5.75 Å². The van der Waals surface area contributed by atoms with Gasteiger partial charge in [0.15, 0.2) is 0 Å². The van der Waals surface area contributed by atoms with Gasteiger partial charge in [0, 0.05) is 0 Å². The summed E-state index contributed by atoms with van der Waals surface area (Å²) in [7, 11) is 1.63. The molecule has 0 aliphatic heterocycles. The van der Waals surface area contributed by atoms with Crippen LogP contribution in [-0.2, 0) is 4.74 Å². The number of ether oxygens (including phenoxy) is 2. The topological polar surface area (TPSA) is 35.5 Å². The predicted molar refractivity (Wildman–Crippen MR) is 63.2 cm³/mol. The number of methoxy groups -OCH3 is 1. The van der Waals surface area contributed by atoms with E-state index < -0.39 is 0 Å². The van der Waals surface area contributed by atoms with E-state index in [-0.39, 0.29) is 5.97 Å². The van der Waals surface area contributed by atoms with Gasteiger partial charge in [0.05, 0.1) is 19.3 Å². The van der Waals surface area contributed by atoms with E-state index >= 15 is 0 Å². The van der Waals surface area contributed by atoms with Crippen LogP contribution in [0.4, 0.5) is 0 Å². The summed E-state index contributed by atoms with van der Waals surface area (Å²) in [6.45, 7) is 7.94. The maximum absolute atomic E-state index is 11.8. The molecule has 0 spiro atoms. The van der Waals surface area contributed by atoms with Gasteiger partial charge < -0.3 is 9.47 Å². The Bertz CT molecular complexity index is 408. The number of hydrogen-bond donors (Lipinski definition) is 0. The molecule has 0 aromatic heterocycles. The zero-order valence-corrected chi connectivity index (χ0v) is 10.5. The fourth-order valence-electron chi connectivity index (χ4n) is 1.77. The monoisotopic (exact) mass is 222 g/mol. The first-order valence-electron chi connectivity index (χ1n) is 5.34. The van der Waals surface area contributed by atoms with E-state index in [4.69, 9.17) is 9.47 Å². The van der Waals surface area contributed by atoms with Crippen LogP contribution in [0.2, 0.25) is 0 Å². The third-order valence-corrected chi connectivity index (χ3v) is 2.75. The molecule has 0 amide bonds. The van der Waals surface area contributed by atoms with Crippen molar-refractivity contribution in [1.29, 1.82) is 0 Å². The molecule has 1 aromatic rings. The number of benzene rings is 1. The summed E-state index contributed by atoms with van der Waals surface area (Å²) < 4.78 is 10.3. The van der Waals surface area contributed by atoms with E-state index in [1.165, 1.54) is 0 Å². The molecule has 0 aliphatic rings. The van der Waals surface area contributed by atoms with Crippen molar-refractivity contribution in [2.24, 2.45) is 0 Å². The fraction of sp³-hybridized carbons (Fsp3) is 0.462. The van der Waals surface area contributed by atoms with Gasteiger partial charge in [-0.15, -0.1) is 0 Å². The van der Waals surface area contributed by atoms with Gasteiger partial charge in [-0.05, 0) is 50.5 Å². The Kier molecular flexibility index (Phi) is 3.93. The lowest BCUT2D eigenvalue weighted by atomic mass is 9.97. The highest BCUT2D eigenvalue weighted by Crippen LogP contribution is 2.27. The van der Waals surface area contributed by atoms with Gasteiger partial charge in [0.1, 0.15) is 5.75 Å². The van der Waals surface area contributed by atoms with Crippen molar-refractivity contribution in [2.75, 3.05) is 13.7 Å². The first-order chi connectivity index (χ1) is 7.52. The highest BCUT2D eigenvalue weighted by Gasteiger charge is 2.17. The van der Waals surface area contributed by atoms with Crippen LogP contribution in [0.5, 0.6) is 5.75 Å². The SMILES string of the molecule is CCOC(=O)c1c(C)cc(OC)c(C)c1C. The molecular formula is C13H18O3. The van der Waals surface area contributed by atoms with Gasteiger partial charge in [0.2, 0.25) is 0 Å². The van der Waals surface area contributed by atoms with Crippen LogP contribution in [0.3, 0.4) is 0 Å². The Hall–Kier alpha value is -1.51. The molecule has 0 bridgehead atoms. The largest absolute Gasteiger partial charge is 0.496 e. The van der Waals surface area contributed by atoms with Gasteiger partial charge in [-0.1, -0.05) is 0 Å². The van der Waals surface area contributed by atoms with Crippen LogP contribution in [0.15, 0.2) is 6.07 Å². The molecule has 3 nitrogen and oxygen atoms in total. The highest BCUT2D eigenvalue weighted by atomic mass is 16.5.